The zero-order chi connectivity index (χ0) is 20.3. The first-order chi connectivity index (χ1) is 14.8. The van der Waals surface area contributed by atoms with Crippen molar-refractivity contribution in [3.63, 3.8) is 0 Å². The highest BCUT2D eigenvalue weighted by Crippen LogP contribution is 2.28. The van der Waals surface area contributed by atoms with Crippen molar-refractivity contribution < 1.29 is 5.11 Å². The van der Waals surface area contributed by atoms with E-state index in [1.165, 1.54) is 0 Å². The van der Waals surface area contributed by atoms with Crippen molar-refractivity contribution in [2.24, 2.45) is 0 Å². The summed E-state index contributed by atoms with van der Waals surface area (Å²) in [6.45, 7) is 0. The van der Waals surface area contributed by atoms with Crippen LogP contribution in [0.4, 0.5) is 0 Å². The molecule has 5 heteroatoms. The highest BCUT2D eigenvalue weighted by molar-refractivity contribution is 5.62. The average molecular weight is 392 g/mol. The highest BCUT2D eigenvalue weighted by atomic mass is 16.3. The maximum absolute atomic E-state index is 11.0. The molecule has 0 saturated carbocycles. The number of nitrogens with zero attached hydrogens (tertiary/aromatic N) is 4. The summed E-state index contributed by atoms with van der Waals surface area (Å²) in [5.41, 5.74) is 6.11. The molecule has 0 radical (unpaired) electrons. The topological polar surface area (TPSA) is 63.3 Å². The van der Waals surface area contributed by atoms with Gasteiger partial charge in [0.1, 0.15) is 5.69 Å². The molecule has 0 aliphatic heterocycles. The lowest BCUT2D eigenvalue weighted by Gasteiger charge is -2.08. The first-order valence-corrected chi connectivity index (χ1v) is 9.86. The predicted octanol–water partition coefficient (Wildman–Crippen LogP) is 4.68. The van der Waals surface area contributed by atoms with Crippen LogP contribution in [0.25, 0.3) is 16.9 Å². The van der Waals surface area contributed by atoms with Crippen molar-refractivity contribution in [3.05, 3.63) is 114 Å². The van der Waals surface area contributed by atoms with E-state index in [0.29, 0.717) is 24.2 Å². The second-order valence-corrected chi connectivity index (χ2v) is 7.21. The number of aromatic hydroxyl groups is 1. The Kier molecular flexibility index (Phi) is 4.69. The molecule has 0 unspecified atom stereocenters. The minimum Gasteiger partial charge on any atom is -0.493 e. The maximum Gasteiger partial charge on any atom is 0.219 e. The highest BCUT2D eigenvalue weighted by Gasteiger charge is 2.18. The van der Waals surface area contributed by atoms with E-state index in [2.05, 4.69) is 17.1 Å². The lowest BCUT2D eigenvalue weighted by molar-refractivity contribution is 0.442. The molecule has 0 fully saturated rings. The van der Waals surface area contributed by atoms with Crippen molar-refractivity contribution >= 4 is 5.65 Å². The van der Waals surface area contributed by atoms with Gasteiger partial charge >= 0.3 is 0 Å². The van der Waals surface area contributed by atoms with Gasteiger partial charge in [0, 0.05) is 37.0 Å². The normalized spacial score (nSPS) is 11.1. The van der Waals surface area contributed by atoms with E-state index < -0.39 is 0 Å². The van der Waals surface area contributed by atoms with Gasteiger partial charge in [-0.05, 0) is 23.3 Å². The molecule has 0 aliphatic carbocycles. The number of hydrogen-bond donors (Lipinski definition) is 1. The number of pyridine rings is 1. The predicted molar refractivity (Wildman–Crippen MR) is 116 cm³/mol. The van der Waals surface area contributed by atoms with E-state index in [0.717, 1.165) is 28.1 Å². The van der Waals surface area contributed by atoms with Crippen LogP contribution >= 0.6 is 0 Å². The van der Waals surface area contributed by atoms with Gasteiger partial charge in [0.2, 0.25) is 5.88 Å². The monoisotopic (exact) mass is 392 g/mol. The zero-order valence-corrected chi connectivity index (χ0v) is 16.3. The van der Waals surface area contributed by atoms with Gasteiger partial charge in [-0.2, -0.15) is 0 Å². The summed E-state index contributed by atoms with van der Waals surface area (Å²) in [4.78, 5) is 13.8. The largest absolute Gasteiger partial charge is 0.493 e. The van der Waals surface area contributed by atoms with Crippen LogP contribution in [-0.4, -0.2) is 24.5 Å². The Morgan fingerprint density at radius 3 is 1.93 bits per heavy atom. The molecule has 1 N–H and O–H groups in total. The third-order valence-electron chi connectivity index (χ3n) is 5.13. The van der Waals surface area contributed by atoms with Crippen LogP contribution < -0.4 is 0 Å². The van der Waals surface area contributed by atoms with E-state index in [9.17, 15) is 5.11 Å². The van der Waals surface area contributed by atoms with E-state index in [1.54, 1.807) is 16.8 Å². The minimum absolute atomic E-state index is 0.154. The van der Waals surface area contributed by atoms with Crippen molar-refractivity contribution in [3.8, 4) is 17.1 Å². The minimum atomic E-state index is 0.154. The van der Waals surface area contributed by atoms with Crippen LogP contribution in [0.3, 0.4) is 0 Å². The van der Waals surface area contributed by atoms with Gasteiger partial charge in [-0.3, -0.25) is 9.38 Å². The van der Waals surface area contributed by atoms with Crippen LogP contribution in [0.5, 0.6) is 5.88 Å². The smallest absolute Gasteiger partial charge is 0.219 e. The van der Waals surface area contributed by atoms with Crippen molar-refractivity contribution in [1.29, 1.82) is 0 Å². The zero-order valence-electron chi connectivity index (χ0n) is 16.3. The van der Waals surface area contributed by atoms with E-state index >= 15 is 0 Å². The lowest BCUT2D eigenvalue weighted by Crippen LogP contribution is -2.01. The Morgan fingerprint density at radius 2 is 1.30 bits per heavy atom. The summed E-state index contributed by atoms with van der Waals surface area (Å²) < 4.78 is 1.75. The van der Waals surface area contributed by atoms with E-state index in [-0.39, 0.29) is 5.88 Å². The first kappa shape index (κ1) is 18.1. The van der Waals surface area contributed by atoms with Crippen LogP contribution in [0, 0.1) is 0 Å². The van der Waals surface area contributed by atoms with E-state index in [1.807, 2.05) is 66.9 Å². The van der Waals surface area contributed by atoms with Crippen LogP contribution in [0.2, 0.25) is 0 Å². The van der Waals surface area contributed by atoms with Gasteiger partial charge in [-0.15, -0.1) is 0 Å². The third-order valence-corrected chi connectivity index (χ3v) is 5.13. The molecule has 0 bridgehead atoms. The molecule has 0 saturated heterocycles. The second kappa shape index (κ2) is 7.79. The molecule has 5 rings (SSSR count). The van der Waals surface area contributed by atoms with Gasteiger partial charge in [0.05, 0.1) is 11.4 Å². The summed E-state index contributed by atoms with van der Waals surface area (Å²) in [6, 6.07) is 24.1. The molecule has 0 aliphatic rings. The first-order valence-electron chi connectivity index (χ1n) is 9.86. The van der Waals surface area contributed by atoms with Gasteiger partial charge < -0.3 is 5.11 Å². The van der Waals surface area contributed by atoms with Gasteiger partial charge in [0.15, 0.2) is 5.65 Å². The summed E-state index contributed by atoms with van der Waals surface area (Å²) in [7, 11) is 0. The second-order valence-electron chi connectivity index (χ2n) is 7.21. The maximum atomic E-state index is 11.0. The van der Waals surface area contributed by atoms with Crippen LogP contribution in [-0.2, 0) is 12.8 Å². The van der Waals surface area contributed by atoms with Crippen molar-refractivity contribution in [1.82, 2.24) is 19.4 Å². The van der Waals surface area contributed by atoms with E-state index in [4.69, 9.17) is 9.97 Å². The lowest BCUT2D eigenvalue weighted by atomic mass is 10.1. The Morgan fingerprint density at radius 1 is 0.700 bits per heavy atom. The fourth-order valence-corrected chi connectivity index (χ4v) is 3.62. The van der Waals surface area contributed by atoms with Crippen molar-refractivity contribution in [2.75, 3.05) is 0 Å². The molecular weight excluding hydrogens is 372 g/mol. The number of aromatic nitrogens is 4. The molecule has 3 aromatic heterocycles. The number of rotatable bonds is 5. The van der Waals surface area contributed by atoms with Gasteiger partial charge in [0.25, 0.3) is 0 Å². The Labute approximate surface area is 174 Å². The molecule has 5 nitrogen and oxygen atoms in total. The molecule has 0 spiro atoms. The molecular formula is C25H20N4O. The Balaban J connectivity index is 1.66. The van der Waals surface area contributed by atoms with Gasteiger partial charge in [-0.1, -0.05) is 60.7 Å². The summed E-state index contributed by atoms with van der Waals surface area (Å²) in [6.07, 6.45) is 6.52. The summed E-state index contributed by atoms with van der Waals surface area (Å²) in [5.74, 6) is 0.154. The Bertz CT molecular complexity index is 1280. The quantitative estimate of drug-likeness (QED) is 0.472. The SMILES string of the molecule is Oc1c(Cc2ccccc2)nc2c(Cc3ccccc3)nc(-c3ccncc3)cn12. The molecule has 2 aromatic carbocycles. The van der Waals surface area contributed by atoms with Crippen LogP contribution in [0.1, 0.15) is 22.5 Å². The number of benzene rings is 2. The number of fused-ring (bicyclic) bond motifs is 1. The number of imidazole rings is 1. The number of hydrogen-bond acceptors (Lipinski definition) is 4. The summed E-state index contributed by atoms with van der Waals surface area (Å²) >= 11 is 0. The standard InChI is InChI=1S/C25H20N4O/c30-25-22(16-19-9-5-2-6-10-19)28-24-21(15-18-7-3-1-4-8-18)27-23(17-29(24)25)20-11-13-26-14-12-20/h1-14,17,30H,15-16H2. The molecule has 5 aromatic rings. The molecule has 0 atom stereocenters. The molecule has 0 amide bonds. The fourth-order valence-electron chi connectivity index (χ4n) is 3.62. The van der Waals surface area contributed by atoms with Gasteiger partial charge in [-0.25, -0.2) is 9.97 Å². The average Bonchev–Trinajstić information content (AvgIpc) is 3.11. The Hall–Kier alpha value is -3.99. The summed E-state index contributed by atoms with van der Waals surface area (Å²) in [5, 5.41) is 11.0. The molecule has 30 heavy (non-hydrogen) atoms. The fraction of sp³-hybridized carbons (Fsp3) is 0.0800. The van der Waals surface area contributed by atoms with Crippen LogP contribution in [0.15, 0.2) is 91.4 Å². The van der Waals surface area contributed by atoms with Crippen molar-refractivity contribution in [2.45, 2.75) is 12.8 Å². The molecule has 146 valence electrons. The molecule has 3 heterocycles. The third kappa shape index (κ3) is 3.53.